The van der Waals surface area contributed by atoms with E-state index in [1.54, 1.807) is 62.4 Å². The van der Waals surface area contributed by atoms with Gasteiger partial charge in [0, 0.05) is 0 Å². The van der Waals surface area contributed by atoms with Crippen LogP contribution in [0.3, 0.4) is 0 Å². The van der Waals surface area contributed by atoms with Crippen LogP contribution in [0.5, 0.6) is 0 Å². The minimum absolute atomic E-state index is 0.218. The Balaban J connectivity index is 1.56. The maximum Gasteiger partial charge on any atom is 0.338 e. The summed E-state index contributed by atoms with van der Waals surface area (Å²) in [6, 6.07) is 17.2. The predicted octanol–water partition coefficient (Wildman–Crippen LogP) is 3.74. The summed E-state index contributed by atoms with van der Waals surface area (Å²) in [5.41, 5.74) is 0.767. The molecule has 2 heterocycles. The van der Waals surface area contributed by atoms with Crippen molar-refractivity contribution < 1.29 is 38.0 Å². The lowest BCUT2D eigenvalue weighted by Gasteiger charge is -2.28. The van der Waals surface area contributed by atoms with Crippen LogP contribution in [0.1, 0.15) is 48.4 Å². The van der Waals surface area contributed by atoms with Crippen LogP contribution in [0.15, 0.2) is 60.7 Å². The lowest BCUT2D eigenvalue weighted by atomic mass is 10.0. The second-order valence-electron chi connectivity index (χ2n) is 9.21. The number of hydrogen-bond donors (Lipinski definition) is 0. The Morgan fingerprint density at radius 2 is 1.44 bits per heavy atom. The van der Waals surface area contributed by atoms with E-state index in [0.717, 1.165) is 0 Å². The van der Waals surface area contributed by atoms with Gasteiger partial charge in [-0.05, 0) is 52.0 Å². The molecule has 0 saturated carbocycles. The van der Waals surface area contributed by atoms with Gasteiger partial charge in [0.05, 0.1) is 17.7 Å². The number of esters is 2. The molecule has 0 N–H and O–H groups in total. The number of hydrogen-bond acceptors (Lipinski definition) is 8. The molecule has 0 aliphatic carbocycles. The first kappa shape index (κ1) is 24.3. The first-order valence-corrected chi connectivity index (χ1v) is 11.3. The van der Waals surface area contributed by atoms with Crippen molar-refractivity contribution in [3.8, 4) is 0 Å². The van der Waals surface area contributed by atoms with Gasteiger partial charge in [0.2, 0.25) is 0 Å². The lowest BCUT2D eigenvalue weighted by Crippen LogP contribution is -2.47. The van der Waals surface area contributed by atoms with Crippen molar-refractivity contribution in [2.75, 3.05) is 13.2 Å². The van der Waals surface area contributed by atoms with Gasteiger partial charge in [-0.25, -0.2) is 9.59 Å². The molecule has 2 aliphatic heterocycles. The predicted molar refractivity (Wildman–Crippen MR) is 121 cm³/mol. The van der Waals surface area contributed by atoms with Crippen molar-refractivity contribution >= 4 is 11.9 Å². The summed E-state index contributed by atoms with van der Waals surface area (Å²) in [7, 11) is 0. The molecule has 0 aromatic heterocycles. The van der Waals surface area contributed by atoms with Crippen molar-refractivity contribution in [2.24, 2.45) is 0 Å². The molecule has 2 aromatic rings. The van der Waals surface area contributed by atoms with E-state index in [-0.39, 0.29) is 13.2 Å². The van der Waals surface area contributed by atoms with Gasteiger partial charge in [-0.1, -0.05) is 36.4 Å². The topological polar surface area (TPSA) is 89.5 Å². The van der Waals surface area contributed by atoms with E-state index in [2.05, 4.69) is 0 Å². The summed E-state index contributed by atoms with van der Waals surface area (Å²) in [6.07, 6.45) is -2.77. The van der Waals surface area contributed by atoms with Gasteiger partial charge in [-0.3, -0.25) is 0 Å². The molecule has 0 radical (unpaired) electrons. The van der Waals surface area contributed by atoms with Crippen LogP contribution in [-0.2, 0) is 28.4 Å². The molecule has 0 unspecified atom stereocenters. The largest absolute Gasteiger partial charge is 0.458 e. The number of carbonyl (C=O) groups excluding carboxylic acids is 2. The number of rotatable bonds is 7. The van der Waals surface area contributed by atoms with Crippen LogP contribution >= 0.6 is 0 Å². The van der Waals surface area contributed by atoms with Crippen molar-refractivity contribution in [3.05, 3.63) is 71.8 Å². The van der Waals surface area contributed by atoms with Crippen LogP contribution in [0.25, 0.3) is 0 Å². The summed E-state index contributed by atoms with van der Waals surface area (Å²) in [5.74, 6) is -2.83. The average Bonchev–Trinajstić information content (AvgIpc) is 3.35. The zero-order valence-corrected chi connectivity index (χ0v) is 19.8. The molecule has 182 valence electrons. The molecule has 0 amide bonds. The van der Waals surface area contributed by atoms with Crippen molar-refractivity contribution in [1.82, 2.24) is 0 Å². The van der Waals surface area contributed by atoms with E-state index >= 15 is 0 Å². The van der Waals surface area contributed by atoms with Crippen LogP contribution in [-0.4, -0.2) is 61.1 Å². The van der Waals surface area contributed by atoms with Gasteiger partial charge in [0.1, 0.15) is 24.9 Å². The molecule has 8 heteroatoms. The molecular weight excluding hydrogens is 440 g/mol. The highest BCUT2D eigenvalue weighted by Crippen LogP contribution is 2.37. The number of carbonyl (C=O) groups is 2. The monoisotopic (exact) mass is 470 g/mol. The summed E-state index contributed by atoms with van der Waals surface area (Å²) in [5, 5.41) is 0. The van der Waals surface area contributed by atoms with Crippen molar-refractivity contribution in [2.45, 2.75) is 63.7 Å². The van der Waals surface area contributed by atoms with E-state index in [0.29, 0.717) is 11.1 Å². The van der Waals surface area contributed by atoms with Gasteiger partial charge in [0.25, 0.3) is 0 Å². The third-order valence-electron chi connectivity index (χ3n) is 5.58. The third-order valence-corrected chi connectivity index (χ3v) is 5.58. The van der Waals surface area contributed by atoms with E-state index in [4.69, 9.17) is 28.4 Å². The Morgan fingerprint density at radius 3 is 2.00 bits per heavy atom. The molecule has 2 fully saturated rings. The number of benzene rings is 2. The zero-order valence-electron chi connectivity index (χ0n) is 19.8. The van der Waals surface area contributed by atoms with E-state index < -0.39 is 47.9 Å². The zero-order chi connectivity index (χ0) is 24.3. The Morgan fingerprint density at radius 1 is 0.853 bits per heavy atom. The summed E-state index contributed by atoms with van der Waals surface area (Å²) in [4.78, 5) is 25.5. The van der Waals surface area contributed by atoms with Crippen molar-refractivity contribution in [1.29, 1.82) is 0 Å². The van der Waals surface area contributed by atoms with Crippen LogP contribution in [0.2, 0.25) is 0 Å². The Hall–Kier alpha value is -2.78. The molecule has 2 saturated heterocycles. The highest BCUT2D eigenvalue weighted by atomic mass is 16.8. The highest BCUT2D eigenvalue weighted by molar-refractivity contribution is 5.90. The van der Waals surface area contributed by atoms with Crippen LogP contribution < -0.4 is 0 Å². The van der Waals surface area contributed by atoms with E-state index in [1.807, 2.05) is 26.0 Å². The third kappa shape index (κ3) is 5.82. The first-order valence-electron chi connectivity index (χ1n) is 11.3. The molecule has 0 spiro atoms. The smallest absolute Gasteiger partial charge is 0.338 e. The van der Waals surface area contributed by atoms with Gasteiger partial charge < -0.3 is 28.4 Å². The Kier molecular flexibility index (Phi) is 7.04. The molecule has 2 aromatic carbocycles. The first-order chi connectivity index (χ1) is 16.1. The maximum atomic E-state index is 12.9. The average molecular weight is 471 g/mol. The SMILES string of the molecule is CC1(C)O[C@@H]([C@H](COC(=O)c2ccccc2)OC(=O)c2ccccc2)[C@H]([C@H]2COC(C)(C)O2)O1. The van der Waals surface area contributed by atoms with E-state index in [1.165, 1.54) is 0 Å². The second-order valence-corrected chi connectivity index (χ2v) is 9.21. The summed E-state index contributed by atoms with van der Waals surface area (Å²) in [6.45, 7) is 7.25. The summed E-state index contributed by atoms with van der Waals surface area (Å²) >= 11 is 0. The quantitative estimate of drug-likeness (QED) is 0.566. The minimum Gasteiger partial charge on any atom is -0.458 e. The molecule has 0 bridgehead atoms. The molecule has 4 rings (SSSR count). The van der Waals surface area contributed by atoms with Gasteiger partial charge in [-0.15, -0.1) is 0 Å². The van der Waals surface area contributed by atoms with Crippen LogP contribution in [0.4, 0.5) is 0 Å². The molecule has 2 aliphatic rings. The van der Waals surface area contributed by atoms with Gasteiger partial charge in [0.15, 0.2) is 17.7 Å². The maximum absolute atomic E-state index is 12.9. The standard InChI is InChI=1S/C26H30O8/c1-25(2)30-16-20(32-25)22-21(33-26(3,4)34-22)19(31-24(28)18-13-9-6-10-14-18)15-29-23(27)17-11-7-5-8-12-17/h5-14,19-22H,15-16H2,1-4H3/t19-,20+,21-,22-/m0/s1. The number of ether oxygens (including phenoxy) is 6. The molecular formula is C26H30O8. The molecule has 8 nitrogen and oxygen atoms in total. The fraction of sp³-hybridized carbons (Fsp3) is 0.462. The minimum atomic E-state index is -0.966. The van der Waals surface area contributed by atoms with Gasteiger partial charge in [-0.2, -0.15) is 0 Å². The Labute approximate surface area is 199 Å². The lowest BCUT2D eigenvalue weighted by molar-refractivity contribution is -0.175. The normalized spacial score (nSPS) is 26.1. The second kappa shape index (κ2) is 9.84. The van der Waals surface area contributed by atoms with Gasteiger partial charge >= 0.3 is 11.9 Å². The molecule has 4 atom stereocenters. The highest BCUT2D eigenvalue weighted by Gasteiger charge is 2.53. The Bertz CT molecular complexity index is 988. The van der Waals surface area contributed by atoms with E-state index in [9.17, 15) is 9.59 Å². The fourth-order valence-corrected chi connectivity index (χ4v) is 4.06. The van der Waals surface area contributed by atoms with Crippen LogP contribution in [0, 0.1) is 0 Å². The fourth-order valence-electron chi connectivity index (χ4n) is 4.06. The summed E-state index contributed by atoms with van der Waals surface area (Å²) < 4.78 is 35.4. The molecule has 34 heavy (non-hydrogen) atoms. The van der Waals surface area contributed by atoms with Crippen molar-refractivity contribution in [3.63, 3.8) is 0 Å².